The summed E-state index contributed by atoms with van der Waals surface area (Å²) in [6.45, 7) is 2.71. The van der Waals surface area contributed by atoms with E-state index in [1.54, 1.807) is 0 Å². The van der Waals surface area contributed by atoms with E-state index in [0.717, 1.165) is 6.07 Å². The molecule has 0 aliphatic carbocycles. The number of benzene rings is 1. The fraction of sp³-hybridized carbons (Fsp3) is 0.500. The number of aryl methyl sites for hydroxylation is 2. The second-order valence-electron chi connectivity index (χ2n) is 5.56. The molecule has 0 heterocycles. The third-order valence-electron chi connectivity index (χ3n) is 3.28. The van der Waals surface area contributed by atoms with Crippen LogP contribution in [0.25, 0.3) is 0 Å². The van der Waals surface area contributed by atoms with Crippen LogP contribution in [0.4, 0.5) is 54.0 Å². The highest BCUT2D eigenvalue weighted by molar-refractivity contribution is 5.97. The predicted molar refractivity (Wildman–Crippen MR) is 71.5 cm³/mol. The quantitative estimate of drug-likeness (QED) is 0.643. The van der Waals surface area contributed by atoms with E-state index >= 15 is 0 Å². The van der Waals surface area contributed by atoms with Gasteiger partial charge in [-0.2, -0.15) is 48.3 Å². The van der Waals surface area contributed by atoms with Crippen molar-refractivity contribution in [3.63, 3.8) is 0 Å². The van der Waals surface area contributed by atoms with E-state index in [-0.39, 0.29) is 5.56 Å². The van der Waals surface area contributed by atoms with Gasteiger partial charge in [0.05, 0.1) is 0 Å². The van der Waals surface area contributed by atoms with Gasteiger partial charge >= 0.3 is 30.2 Å². The number of amides is 1. The van der Waals surface area contributed by atoms with Gasteiger partial charge in [-0.25, -0.2) is 0 Å². The third kappa shape index (κ3) is 4.31. The lowest BCUT2D eigenvalue weighted by molar-refractivity contribution is -0.472. The van der Waals surface area contributed by atoms with Crippen LogP contribution in [0, 0.1) is 13.8 Å². The summed E-state index contributed by atoms with van der Waals surface area (Å²) in [6.07, 6.45) is -20.9. The molecule has 3 nitrogen and oxygen atoms in total. The highest BCUT2D eigenvalue weighted by Crippen LogP contribution is 2.51. The minimum atomic E-state index is -7.23. The summed E-state index contributed by atoms with van der Waals surface area (Å²) in [4.78, 5) is 11.6. The van der Waals surface area contributed by atoms with Crippen molar-refractivity contribution in [3.05, 3.63) is 29.3 Å². The van der Waals surface area contributed by atoms with Crippen LogP contribution in [0.1, 0.15) is 11.1 Å². The van der Waals surface area contributed by atoms with Crippen molar-refractivity contribution >= 4 is 11.6 Å². The zero-order valence-electron chi connectivity index (χ0n) is 13.7. The molecule has 28 heavy (non-hydrogen) atoms. The minimum Gasteiger partial charge on any atom is -0.321 e. The van der Waals surface area contributed by atoms with Crippen molar-refractivity contribution in [2.45, 2.75) is 44.1 Å². The van der Waals surface area contributed by atoms with Gasteiger partial charge in [-0.15, -0.1) is 0 Å². The van der Waals surface area contributed by atoms with Gasteiger partial charge in [0.15, 0.2) is 0 Å². The molecule has 0 bridgehead atoms. The molecule has 0 saturated heterocycles. The molecule has 1 N–H and O–H groups in total. The molecule has 1 aromatic carbocycles. The number of anilines is 1. The number of halogens is 11. The summed E-state index contributed by atoms with van der Waals surface area (Å²) >= 11 is 0. The summed E-state index contributed by atoms with van der Waals surface area (Å²) in [5.41, 5.74) is -0.0351. The lowest BCUT2D eigenvalue weighted by Gasteiger charge is -2.34. The molecular formula is C14H10F11NO2. The van der Waals surface area contributed by atoms with Crippen LogP contribution in [0.15, 0.2) is 18.2 Å². The predicted octanol–water partition coefficient (Wildman–Crippen LogP) is 5.28. The fourth-order valence-corrected chi connectivity index (χ4v) is 1.80. The van der Waals surface area contributed by atoms with Gasteiger partial charge in [0.2, 0.25) is 0 Å². The first kappa shape index (κ1) is 23.9. The van der Waals surface area contributed by atoms with E-state index < -0.39 is 41.8 Å². The summed E-state index contributed by atoms with van der Waals surface area (Å²) in [6, 6.07) is 3.38. The maximum atomic E-state index is 14.1. The summed E-state index contributed by atoms with van der Waals surface area (Å²) in [5, 5.41) is 1.18. The lowest BCUT2D eigenvalue weighted by Crippen LogP contribution is -2.62. The van der Waals surface area contributed by atoms with Crippen LogP contribution in [0.2, 0.25) is 0 Å². The second-order valence-corrected chi connectivity index (χ2v) is 5.56. The molecule has 0 aliphatic heterocycles. The maximum Gasteiger partial charge on any atom is 0.462 e. The van der Waals surface area contributed by atoms with E-state index in [2.05, 4.69) is 4.74 Å². The molecule has 0 spiro atoms. The van der Waals surface area contributed by atoms with Crippen LogP contribution in [0.3, 0.4) is 0 Å². The van der Waals surface area contributed by atoms with Gasteiger partial charge < -0.3 is 5.32 Å². The Morgan fingerprint density at radius 3 is 1.75 bits per heavy atom. The van der Waals surface area contributed by atoms with E-state index in [4.69, 9.17) is 0 Å². The first-order valence-electron chi connectivity index (χ1n) is 6.93. The number of carbonyl (C=O) groups is 1. The van der Waals surface area contributed by atoms with E-state index in [1.165, 1.54) is 31.3 Å². The molecular weight excluding hydrogens is 423 g/mol. The molecule has 0 aromatic heterocycles. The van der Waals surface area contributed by atoms with Crippen molar-refractivity contribution in [2.75, 3.05) is 5.32 Å². The van der Waals surface area contributed by atoms with Crippen LogP contribution >= 0.6 is 0 Å². The van der Waals surface area contributed by atoms with Crippen LogP contribution in [-0.4, -0.2) is 36.1 Å². The Labute approximate surface area is 149 Å². The second kappa shape index (κ2) is 7.04. The standard InChI is InChI=1S/C14H10F11NO2/c1-6-3-4-8(7(2)5-6)26-9(27)10(15,12(18,19)20)28-14(24,25)11(16,17)13(21,22)23/h3-5H,1-2H3,(H,26,27). The Morgan fingerprint density at radius 1 is 0.857 bits per heavy atom. The molecule has 14 heteroatoms. The summed E-state index contributed by atoms with van der Waals surface area (Å²) in [7, 11) is 0. The zero-order chi connectivity index (χ0) is 22.3. The third-order valence-corrected chi connectivity index (χ3v) is 3.28. The summed E-state index contributed by atoms with van der Waals surface area (Å²) in [5.74, 6) is -16.5. The van der Waals surface area contributed by atoms with Gasteiger partial charge in [-0.3, -0.25) is 9.53 Å². The van der Waals surface area contributed by atoms with Crippen molar-refractivity contribution in [2.24, 2.45) is 0 Å². The highest BCUT2D eigenvalue weighted by atomic mass is 19.4. The van der Waals surface area contributed by atoms with E-state index in [9.17, 15) is 53.1 Å². The molecule has 1 rings (SSSR count). The molecule has 0 radical (unpaired) electrons. The van der Waals surface area contributed by atoms with Crippen molar-refractivity contribution in [3.8, 4) is 0 Å². The van der Waals surface area contributed by atoms with Gasteiger partial charge in [0, 0.05) is 5.69 Å². The number of alkyl halides is 11. The fourth-order valence-electron chi connectivity index (χ4n) is 1.80. The SMILES string of the molecule is Cc1ccc(NC(=O)C(F)(OC(F)(F)C(F)(F)C(F)(F)F)C(F)(F)F)c(C)c1. The van der Waals surface area contributed by atoms with Gasteiger partial charge in [-0.05, 0) is 25.5 Å². The highest BCUT2D eigenvalue weighted by Gasteiger charge is 2.79. The first-order valence-corrected chi connectivity index (χ1v) is 6.93. The topological polar surface area (TPSA) is 38.3 Å². The molecule has 0 aliphatic rings. The van der Waals surface area contributed by atoms with Crippen LogP contribution in [0.5, 0.6) is 0 Å². The van der Waals surface area contributed by atoms with Crippen LogP contribution in [-0.2, 0) is 9.53 Å². The minimum absolute atomic E-state index is 0.00487. The first-order chi connectivity index (χ1) is 12.3. The molecule has 0 saturated carbocycles. The molecule has 160 valence electrons. The number of nitrogens with one attached hydrogen (secondary N) is 1. The van der Waals surface area contributed by atoms with Crippen LogP contribution < -0.4 is 5.32 Å². The van der Waals surface area contributed by atoms with E-state index in [1.807, 2.05) is 0 Å². The molecule has 1 unspecified atom stereocenters. The average molecular weight is 433 g/mol. The average Bonchev–Trinajstić information content (AvgIpc) is 2.46. The molecule has 1 atom stereocenters. The lowest BCUT2D eigenvalue weighted by atomic mass is 10.1. The molecule has 1 amide bonds. The number of hydrogen-bond donors (Lipinski definition) is 1. The Hall–Kier alpha value is -2.12. The van der Waals surface area contributed by atoms with Gasteiger partial charge in [-0.1, -0.05) is 17.7 Å². The Morgan fingerprint density at radius 2 is 1.36 bits per heavy atom. The van der Waals surface area contributed by atoms with Gasteiger partial charge in [0.25, 0.3) is 5.91 Å². The van der Waals surface area contributed by atoms with Crippen molar-refractivity contribution in [1.29, 1.82) is 0 Å². The number of rotatable bonds is 5. The van der Waals surface area contributed by atoms with Gasteiger partial charge in [0.1, 0.15) is 0 Å². The monoisotopic (exact) mass is 433 g/mol. The maximum absolute atomic E-state index is 14.1. The zero-order valence-corrected chi connectivity index (χ0v) is 13.7. The molecule has 0 fully saturated rings. The van der Waals surface area contributed by atoms with Crippen molar-refractivity contribution < 1.29 is 57.8 Å². The smallest absolute Gasteiger partial charge is 0.321 e. The number of ether oxygens (including phenoxy) is 1. The van der Waals surface area contributed by atoms with Crippen molar-refractivity contribution in [1.82, 2.24) is 0 Å². The number of carbonyl (C=O) groups excluding carboxylic acids is 1. The Kier molecular flexibility index (Phi) is 6.02. The Bertz CT molecular complexity index is 742. The summed E-state index contributed by atoms with van der Waals surface area (Å²) < 4.78 is 143. The number of hydrogen-bond acceptors (Lipinski definition) is 2. The largest absolute Gasteiger partial charge is 0.462 e. The normalized spacial score (nSPS) is 15.9. The van der Waals surface area contributed by atoms with E-state index in [0.29, 0.717) is 5.56 Å². The Balaban J connectivity index is 3.34. The molecule has 1 aromatic rings.